The van der Waals surface area contributed by atoms with E-state index in [1.807, 2.05) is 12.1 Å². The fourth-order valence-electron chi connectivity index (χ4n) is 1.95. The summed E-state index contributed by atoms with van der Waals surface area (Å²) in [6.07, 6.45) is 2.26. The maximum absolute atomic E-state index is 6.21. The molecule has 4 heteroatoms. The Kier molecular flexibility index (Phi) is 4.00. The molecule has 0 spiro atoms. The van der Waals surface area contributed by atoms with E-state index in [-0.39, 0.29) is 0 Å². The molecule has 17 heavy (non-hydrogen) atoms. The molecule has 0 aliphatic carbocycles. The van der Waals surface area contributed by atoms with Crippen molar-refractivity contribution in [3.05, 3.63) is 17.2 Å². The number of anilines is 1. The van der Waals surface area contributed by atoms with Crippen LogP contribution in [0.2, 0.25) is 5.02 Å². The Morgan fingerprint density at radius 2 is 1.94 bits per heavy atom. The second-order valence-corrected chi connectivity index (χ2v) is 4.72. The number of rotatable bonds is 4. The predicted octanol–water partition coefficient (Wildman–Crippen LogP) is 3.71. The van der Waals surface area contributed by atoms with Crippen molar-refractivity contribution in [3.8, 4) is 11.5 Å². The standard InChI is InChI=1S/C13H18ClNO2/c1-3-4-9(2)15-11-8-13-12(7-10(11)14)16-5-6-17-13/h7-9,15H,3-6H2,1-2H3. The van der Waals surface area contributed by atoms with Gasteiger partial charge in [-0.2, -0.15) is 0 Å². The van der Waals surface area contributed by atoms with E-state index in [0.717, 1.165) is 30.0 Å². The lowest BCUT2D eigenvalue weighted by Crippen LogP contribution is -2.17. The third-order valence-electron chi connectivity index (χ3n) is 2.76. The molecule has 2 rings (SSSR count). The van der Waals surface area contributed by atoms with Crippen LogP contribution in [0.1, 0.15) is 26.7 Å². The van der Waals surface area contributed by atoms with E-state index in [0.29, 0.717) is 24.3 Å². The molecule has 0 bridgehead atoms. The van der Waals surface area contributed by atoms with Gasteiger partial charge in [0.2, 0.25) is 0 Å². The average molecular weight is 256 g/mol. The summed E-state index contributed by atoms with van der Waals surface area (Å²) in [6, 6.07) is 4.14. The van der Waals surface area contributed by atoms with Crippen LogP contribution < -0.4 is 14.8 Å². The molecule has 1 unspecified atom stereocenters. The van der Waals surface area contributed by atoms with E-state index in [2.05, 4.69) is 19.2 Å². The number of hydrogen-bond donors (Lipinski definition) is 1. The van der Waals surface area contributed by atoms with Crippen LogP contribution >= 0.6 is 11.6 Å². The Bertz CT molecular complexity index is 395. The molecule has 1 aromatic carbocycles. The lowest BCUT2D eigenvalue weighted by molar-refractivity contribution is 0.171. The highest BCUT2D eigenvalue weighted by molar-refractivity contribution is 6.33. The lowest BCUT2D eigenvalue weighted by Gasteiger charge is -2.21. The van der Waals surface area contributed by atoms with Crippen LogP contribution in [-0.2, 0) is 0 Å². The molecular weight excluding hydrogens is 238 g/mol. The Labute approximate surface area is 107 Å². The van der Waals surface area contributed by atoms with Gasteiger partial charge in [-0.3, -0.25) is 0 Å². The van der Waals surface area contributed by atoms with Crippen molar-refractivity contribution in [3.63, 3.8) is 0 Å². The van der Waals surface area contributed by atoms with E-state index in [1.165, 1.54) is 0 Å². The molecule has 0 fully saturated rings. The van der Waals surface area contributed by atoms with Crippen LogP contribution in [0, 0.1) is 0 Å². The van der Waals surface area contributed by atoms with Gasteiger partial charge in [-0.25, -0.2) is 0 Å². The molecule has 0 saturated heterocycles. The zero-order valence-electron chi connectivity index (χ0n) is 10.3. The van der Waals surface area contributed by atoms with Crippen molar-refractivity contribution < 1.29 is 9.47 Å². The molecule has 1 aromatic rings. The third kappa shape index (κ3) is 2.97. The van der Waals surface area contributed by atoms with Crippen LogP contribution in [0.25, 0.3) is 0 Å². The van der Waals surface area contributed by atoms with E-state index >= 15 is 0 Å². The van der Waals surface area contributed by atoms with Crippen molar-refractivity contribution >= 4 is 17.3 Å². The van der Waals surface area contributed by atoms with E-state index in [9.17, 15) is 0 Å². The first-order valence-electron chi connectivity index (χ1n) is 6.06. The summed E-state index contributed by atoms with van der Waals surface area (Å²) in [5, 5.41) is 4.07. The summed E-state index contributed by atoms with van der Waals surface area (Å²) in [5.74, 6) is 1.50. The van der Waals surface area contributed by atoms with Gasteiger partial charge < -0.3 is 14.8 Å². The molecular formula is C13H18ClNO2. The Hall–Kier alpha value is -1.09. The smallest absolute Gasteiger partial charge is 0.163 e. The van der Waals surface area contributed by atoms with Crippen LogP contribution in [-0.4, -0.2) is 19.3 Å². The molecule has 1 atom stereocenters. The van der Waals surface area contributed by atoms with E-state index in [4.69, 9.17) is 21.1 Å². The lowest BCUT2D eigenvalue weighted by atomic mass is 10.2. The molecule has 3 nitrogen and oxygen atoms in total. The van der Waals surface area contributed by atoms with Crippen molar-refractivity contribution in [2.75, 3.05) is 18.5 Å². The van der Waals surface area contributed by atoms with Crippen molar-refractivity contribution in [1.29, 1.82) is 0 Å². The van der Waals surface area contributed by atoms with E-state index in [1.54, 1.807) is 0 Å². The summed E-state index contributed by atoms with van der Waals surface area (Å²) in [5.41, 5.74) is 0.914. The largest absolute Gasteiger partial charge is 0.486 e. The summed E-state index contributed by atoms with van der Waals surface area (Å²) in [4.78, 5) is 0. The highest BCUT2D eigenvalue weighted by atomic mass is 35.5. The number of halogens is 1. The number of hydrogen-bond acceptors (Lipinski definition) is 3. The van der Waals surface area contributed by atoms with Crippen molar-refractivity contribution in [1.82, 2.24) is 0 Å². The van der Waals surface area contributed by atoms with Crippen LogP contribution in [0.3, 0.4) is 0 Å². The summed E-state index contributed by atoms with van der Waals surface area (Å²) < 4.78 is 11.0. The topological polar surface area (TPSA) is 30.5 Å². The predicted molar refractivity (Wildman–Crippen MR) is 70.4 cm³/mol. The van der Waals surface area contributed by atoms with Crippen LogP contribution in [0.15, 0.2) is 12.1 Å². The normalized spacial score (nSPS) is 15.5. The maximum atomic E-state index is 6.21. The summed E-state index contributed by atoms with van der Waals surface area (Å²) in [6.45, 7) is 5.50. The molecule has 0 saturated carbocycles. The van der Waals surface area contributed by atoms with Gasteiger partial charge in [-0.05, 0) is 13.3 Å². The molecule has 94 valence electrons. The fourth-order valence-corrected chi connectivity index (χ4v) is 2.15. The Morgan fingerprint density at radius 1 is 1.29 bits per heavy atom. The van der Waals surface area contributed by atoms with Gasteiger partial charge in [0.25, 0.3) is 0 Å². The monoisotopic (exact) mass is 255 g/mol. The molecule has 1 aliphatic heterocycles. The minimum Gasteiger partial charge on any atom is -0.486 e. The minimum absolute atomic E-state index is 0.403. The highest BCUT2D eigenvalue weighted by Gasteiger charge is 2.15. The second-order valence-electron chi connectivity index (χ2n) is 4.31. The van der Waals surface area contributed by atoms with Gasteiger partial charge in [-0.15, -0.1) is 0 Å². The SMILES string of the molecule is CCCC(C)Nc1cc2c(cc1Cl)OCCO2. The quantitative estimate of drug-likeness (QED) is 0.890. The van der Waals surface area contributed by atoms with E-state index < -0.39 is 0 Å². The van der Waals surface area contributed by atoms with Crippen LogP contribution in [0.4, 0.5) is 5.69 Å². The van der Waals surface area contributed by atoms with Gasteiger partial charge in [0.1, 0.15) is 13.2 Å². The van der Waals surface area contributed by atoms with Crippen LogP contribution in [0.5, 0.6) is 11.5 Å². The Morgan fingerprint density at radius 3 is 2.59 bits per heavy atom. The third-order valence-corrected chi connectivity index (χ3v) is 3.07. The van der Waals surface area contributed by atoms with Crippen molar-refractivity contribution in [2.45, 2.75) is 32.7 Å². The maximum Gasteiger partial charge on any atom is 0.163 e. The van der Waals surface area contributed by atoms with Gasteiger partial charge in [0, 0.05) is 18.2 Å². The molecule has 0 aromatic heterocycles. The average Bonchev–Trinajstić information content (AvgIpc) is 2.30. The van der Waals surface area contributed by atoms with Gasteiger partial charge in [-0.1, -0.05) is 24.9 Å². The summed E-state index contributed by atoms with van der Waals surface area (Å²) >= 11 is 6.21. The molecule has 0 amide bonds. The second kappa shape index (κ2) is 5.50. The zero-order chi connectivity index (χ0) is 12.3. The molecule has 1 N–H and O–H groups in total. The molecule has 1 heterocycles. The fraction of sp³-hybridized carbons (Fsp3) is 0.538. The minimum atomic E-state index is 0.403. The number of fused-ring (bicyclic) bond motifs is 1. The Balaban J connectivity index is 2.16. The highest BCUT2D eigenvalue weighted by Crippen LogP contribution is 2.38. The van der Waals surface area contributed by atoms with Crippen molar-refractivity contribution in [2.24, 2.45) is 0 Å². The number of ether oxygens (including phenoxy) is 2. The zero-order valence-corrected chi connectivity index (χ0v) is 11.0. The first kappa shape index (κ1) is 12.4. The number of nitrogens with one attached hydrogen (secondary N) is 1. The van der Waals surface area contributed by atoms with Gasteiger partial charge in [0.05, 0.1) is 10.7 Å². The first-order valence-corrected chi connectivity index (χ1v) is 6.44. The summed E-state index contributed by atoms with van der Waals surface area (Å²) in [7, 11) is 0. The number of benzene rings is 1. The van der Waals surface area contributed by atoms with Gasteiger partial charge >= 0.3 is 0 Å². The molecule has 1 aliphatic rings. The first-order chi connectivity index (χ1) is 8.20. The molecule has 0 radical (unpaired) electrons. The van der Waals surface area contributed by atoms with Gasteiger partial charge in [0.15, 0.2) is 11.5 Å².